The van der Waals surface area contributed by atoms with Crippen LogP contribution in [0.3, 0.4) is 0 Å². The van der Waals surface area contributed by atoms with Crippen LogP contribution in [0.15, 0.2) is 24.3 Å². The van der Waals surface area contributed by atoms with Gasteiger partial charge < -0.3 is 0 Å². The maximum atomic E-state index is 2.28. The van der Waals surface area contributed by atoms with Crippen LogP contribution in [0.1, 0.15) is 44.7 Å². The molecule has 0 aliphatic heterocycles. The van der Waals surface area contributed by atoms with E-state index in [0.717, 1.165) is 5.92 Å². The summed E-state index contributed by atoms with van der Waals surface area (Å²) in [7, 11) is 0. The molecule has 0 saturated heterocycles. The Labute approximate surface area is 89.4 Å². The van der Waals surface area contributed by atoms with Crippen molar-refractivity contribution in [2.24, 2.45) is 5.92 Å². The lowest BCUT2D eigenvalue weighted by molar-refractivity contribution is 0.983. The van der Waals surface area contributed by atoms with Crippen LogP contribution in [0.25, 0.3) is 0 Å². The van der Waals surface area contributed by atoms with Gasteiger partial charge in [-0.15, -0.1) is 0 Å². The Morgan fingerprint density at radius 2 is 1.07 bits per heavy atom. The van der Waals surface area contributed by atoms with Gasteiger partial charge in [0.2, 0.25) is 0 Å². The number of aryl methyl sites for hydroxylation is 2. The minimum absolute atomic E-state index is 1.08. The third-order valence-electron chi connectivity index (χ3n) is 2.08. The highest BCUT2D eigenvalue weighted by Gasteiger charge is 2.12. The van der Waals surface area contributed by atoms with Crippen molar-refractivity contribution in [3.63, 3.8) is 0 Å². The standard InChI is InChI=1S/C8H10.C4H8.C2H6/c1-7-3-5-8(2)6-4-7;1-4-2-3-4;1-2/h3-6H,1-2H3;4H,2-3H2,1H3;1-2H3. The van der Waals surface area contributed by atoms with E-state index < -0.39 is 0 Å². The second-order valence-electron chi connectivity index (χ2n) is 3.84. The van der Waals surface area contributed by atoms with E-state index in [1.165, 1.54) is 24.0 Å². The first-order valence-electron chi connectivity index (χ1n) is 5.72. The van der Waals surface area contributed by atoms with Gasteiger partial charge in [0.05, 0.1) is 0 Å². The van der Waals surface area contributed by atoms with E-state index in [-0.39, 0.29) is 0 Å². The molecule has 0 spiro atoms. The van der Waals surface area contributed by atoms with Gasteiger partial charge in [-0.25, -0.2) is 0 Å². The molecule has 0 atom stereocenters. The molecule has 1 aromatic carbocycles. The second kappa shape index (κ2) is 7.61. The first-order valence-corrected chi connectivity index (χ1v) is 5.72. The summed E-state index contributed by atoms with van der Waals surface area (Å²) in [6, 6.07) is 8.48. The predicted molar refractivity (Wildman–Crippen MR) is 65.7 cm³/mol. The van der Waals surface area contributed by atoms with E-state index in [4.69, 9.17) is 0 Å². The molecule has 0 N–H and O–H groups in total. The molecule has 14 heavy (non-hydrogen) atoms. The van der Waals surface area contributed by atoms with Crippen LogP contribution in [-0.2, 0) is 0 Å². The van der Waals surface area contributed by atoms with Crippen LogP contribution in [0.2, 0.25) is 0 Å². The van der Waals surface area contributed by atoms with Crippen molar-refractivity contribution in [3.05, 3.63) is 35.4 Å². The van der Waals surface area contributed by atoms with Crippen molar-refractivity contribution in [2.75, 3.05) is 0 Å². The molecule has 1 aromatic rings. The van der Waals surface area contributed by atoms with Gasteiger partial charge in [-0.3, -0.25) is 0 Å². The van der Waals surface area contributed by atoms with Crippen molar-refractivity contribution >= 4 is 0 Å². The average molecular weight is 192 g/mol. The highest BCUT2D eigenvalue weighted by molar-refractivity contribution is 5.19. The lowest BCUT2D eigenvalue weighted by Gasteiger charge is -1.90. The summed E-state index contributed by atoms with van der Waals surface area (Å²) in [5.41, 5.74) is 2.66. The predicted octanol–water partition coefficient (Wildman–Crippen LogP) is 4.75. The molecule has 0 nitrogen and oxygen atoms in total. The molecule has 0 aromatic heterocycles. The topological polar surface area (TPSA) is 0 Å². The fraction of sp³-hybridized carbons (Fsp3) is 0.571. The van der Waals surface area contributed by atoms with Crippen LogP contribution in [0.5, 0.6) is 0 Å². The molecule has 1 aliphatic carbocycles. The fourth-order valence-electron chi connectivity index (χ4n) is 0.804. The normalized spacial score (nSPS) is 13.2. The summed E-state index contributed by atoms with van der Waals surface area (Å²) in [6.07, 6.45) is 2.97. The number of hydrogen-bond acceptors (Lipinski definition) is 0. The molecule has 1 saturated carbocycles. The van der Waals surface area contributed by atoms with Crippen molar-refractivity contribution < 1.29 is 0 Å². The lowest BCUT2D eigenvalue weighted by atomic mass is 10.2. The van der Waals surface area contributed by atoms with Crippen LogP contribution >= 0.6 is 0 Å². The molecular formula is C14H24. The van der Waals surface area contributed by atoms with Gasteiger partial charge in [0, 0.05) is 0 Å². The van der Waals surface area contributed by atoms with Gasteiger partial charge in [-0.2, -0.15) is 0 Å². The third kappa shape index (κ3) is 7.85. The van der Waals surface area contributed by atoms with Gasteiger partial charge in [-0.05, 0) is 19.8 Å². The smallest absolute Gasteiger partial charge is 0.0398 e. The SMILES string of the molecule is CC.CC1CC1.Cc1ccc(C)cc1. The molecule has 1 aliphatic rings. The highest BCUT2D eigenvalue weighted by Crippen LogP contribution is 2.26. The van der Waals surface area contributed by atoms with Gasteiger partial charge >= 0.3 is 0 Å². The minimum Gasteiger partial charge on any atom is -0.0683 e. The number of hydrogen-bond donors (Lipinski definition) is 0. The third-order valence-corrected chi connectivity index (χ3v) is 2.08. The van der Waals surface area contributed by atoms with E-state index in [2.05, 4.69) is 45.0 Å². The highest BCUT2D eigenvalue weighted by atomic mass is 14.2. The summed E-state index contributed by atoms with van der Waals surface area (Å²) in [5.74, 6) is 1.08. The van der Waals surface area contributed by atoms with Crippen LogP contribution in [0, 0.1) is 19.8 Å². The average Bonchev–Trinajstić information content (AvgIpc) is 2.98. The Balaban J connectivity index is 0.000000236. The zero-order valence-corrected chi connectivity index (χ0v) is 10.3. The van der Waals surface area contributed by atoms with Gasteiger partial charge in [0.15, 0.2) is 0 Å². The molecule has 0 bridgehead atoms. The van der Waals surface area contributed by atoms with Crippen molar-refractivity contribution in [1.82, 2.24) is 0 Å². The van der Waals surface area contributed by atoms with Gasteiger partial charge in [0.1, 0.15) is 0 Å². The molecular weight excluding hydrogens is 168 g/mol. The molecule has 2 rings (SSSR count). The summed E-state index contributed by atoms with van der Waals surface area (Å²) < 4.78 is 0. The number of rotatable bonds is 0. The summed E-state index contributed by atoms with van der Waals surface area (Å²) in [4.78, 5) is 0. The Bertz CT molecular complexity index is 195. The zero-order chi connectivity index (χ0) is 11.0. The van der Waals surface area contributed by atoms with E-state index >= 15 is 0 Å². The van der Waals surface area contributed by atoms with Crippen molar-refractivity contribution in [3.8, 4) is 0 Å². The molecule has 0 radical (unpaired) electrons. The summed E-state index contributed by atoms with van der Waals surface area (Å²) in [6.45, 7) is 10.5. The van der Waals surface area contributed by atoms with Crippen LogP contribution in [-0.4, -0.2) is 0 Å². The van der Waals surface area contributed by atoms with Crippen LogP contribution in [0.4, 0.5) is 0 Å². The molecule has 0 heterocycles. The van der Waals surface area contributed by atoms with Crippen LogP contribution < -0.4 is 0 Å². The van der Waals surface area contributed by atoms with Gasteiger partial charge in [0.25, 0.3) is 0 Å². The monoisotopic (exact) mass is 192 g/mol. The zero-order valence-electron chi connectivity index (χ0n) is 10.3. The fourth-order valence-corrected chi connectivity index (χ4v) is 0.804. The largest absolute Gasteiger partial charge is 0.0683 e. The minimum atomic E-state index is 1.08. The molecule has 0 heteroatoms. The molecule has 1 fully saturated rings. The van der Waals surface area contributed by atoms with Crippen molar-refractivity contribution in [2.45, 2.75) is 47.5 Å². The Morgan fingerprint density at radius 1 is 0.857 bits per heavy atom. The van der Waals surface area contributed by atoms with Crippen molar-refractivity contribution in [1.29, 1.82) is 0 Å². The van der Waals surface area contributed by atoms with E-state index in [9.17, 15) is 0 Å². The maximum Gasteiger partial charge on any atom is -0.0398 e. The first-order chi connectivity index (χ1) is 6.68. The number of benzene rings is 1. The van der Waals surface area contributed by atoms with E-state index in [0.29, 0.717) is 0 Å². The first kappa shape index (κ1) is 13.2. The molecule has 0 amide bonds. The van der Waals surface area contributed by atoms with Gasteiger partial charge in [-0.1, -0.05) is 69.0 Å². The van der Waals surface area contributed by atoms with E-state index in [1.807, 2.05) is 13.8 Å². The maximum absolute atomic E-state index is 2.28. The Kier molecular flexibility index (Phi) is 7.18. The molecule has 0 unspecified atom stereocenters. The lowest BCUT2D eigenvalue weighted by Crippen LogP contribution is -1.70. The summed E-state index contributed by atoms with van der Waals surface area (Å²) in [5, 5.41) is 0. The quantitative estimate of drug-likeness (QED) is 0.556. The van der Waals surface area contributed by atoms with E-state index in [1.54, 1.807) is 0 Å². The molecule has 80 valence electrons. The summed E-state index contributed by atoms with van der Waals surface area (Å²) >= 11 is 0. The Hall–Kier alpha value is -0.780. The second-order valence-corrected chi connectivity index (χ2v) is 3.84. The Morgan fingerprint density at radius 3 is 1.21 bits per heavy atom.